The summed E-state index contributed by atoms with van der Waals surface area (Å²) >= 11 is 0. The van der Waals surface area contributed by atoms with E-state index in [9.17, 15) is 0 Å². The molecule has 0 aromatic carbocycles. The summed E-state index contributed by atoms with van der Waals surface area (Å²) in [5.74, 6) is 1.91. The smallest absolute Gasteiger partial charge is 0.131 e. The van der Waals surface area contributed by atoms with Crippen LogP contribution in [0, 0.1) is 12.8 Å². The number of rotatable bonds is 3. The number of aryl methyl sites for hydroxylation is 1. The van der Waals surface area contributed by atoms with Crippen molar-refractivity contribution >= 4 is 5.82 Å². The molecule has 17 heavy (non-hydrogen) atoms. The van der Waals surface area contributed by atoms with Crippen LogP contribution in [0.4, 0.5) is 5.82 Å². The SMILES string of the molecule is CCC1CCCN(c2ncc(CO)cc2C)C1. The molecule has 1 aromatic heterocycles. The molecule has 1 aromatic rings. The first kappa shape index (κ1) is 12.4. The van der Waals surface area contributed by atoms with E-state index in [2.05, 4.69) is 23.7 Å². The fraction of sp³-hybridized carbons (Fsp3) is 0.643. The van der Waals surface area contributed by atoms with Gasteiger partial charge in [-0.05, 0) is 42.9 Å². The van der Waals surface area contributed by atoms with Gasteiger partial charge in [0.25, 0.3) is 0 Å². The number of aromatic nitrogens is 1. The van der Waals surface area contributed by atoms with Crippen LogP contribution in [0.25, 0.3) is 0 Å². The molecule has 1 fully saturated rings. The predicted octanol–water partition coefficient (Wildman–Crippen LogP) is 2.51. The highest BCUT2D eigenvalue weighted by molar-refractivity contribution is 5.47. The lowest BCUT2D eigenvalue weighted by Crippen LogP contribution is -2.36. The largest absolute Gasteiger partial charge is 0.392 e. The van der Waals surface area contributed by atoms with Crippen LogP contribution in [0.5, 0.6) is 0 Å². The van der Waals surface area contributed by atoms with Gasteiger partial charge in [-0.2, -0.15) is 0 Å². The normalized spacial score (nSPS) is 20.6. The molecular formula is C14H22N2O. The third kappa shape index (κ3) is 2.78. The van der Waals surface area contributed by atoms with Crippen LogP contribution in [0.2, 0.25) is 0 Å². The molecule has 0 radical (unpaired) electrons. The lowest BCUT2D eigenvalue weighted by atomic mass is 9.95. The molecule has 3 heteroatoms. The highest BCUT2D eigenvalue weighted by Gasteiger charge is 2.20. The minimum Gasteiger partial charge on any atom is -0.392 e. The van der Waals surface area contributed by atoms with Gasteiger partial charge in [0.15, 0.2) is 0 Å². The van der Waals surface area contributed by atoms with Gasteiger partial charge in [-0.1, -0.05) is 13.3 Å². The van der Waals surface area contributed by atoms with E-state index in [0.717, 1.165) is 30.4 Å². The standard InChI is InChI=1S/C14H22N2O/c1-3-12-5-4-6-16(9-12)14-11(2)7-13(10-17)8-15-14/h7-8,12,17H,3-6,9-10H2,1-2H3. The van der Waals surface area contributed by atoms with Crippen LogP contribution >= 0.6 is 0 Å². The quantitative estimate of drug-likeness (QED) is 0.873. The summed E-state index contributed by atoms with van der Waals surface area (Å²) in [6.45, 7) is 6.66. The van der Waals surface area contributed by atoms with E-state index in [1.54, 1.807) is 6.20 Å². The second-order valence-corrected chi connectivity index (χ2v) is 5.00. The minimum atomic E-state index is 0.0751. The molecule has 1 N–H and O–H groups in total. The summed E-state index contributed by atoms with van der Waals surface area (Å²) in [6.07, 6.45) is 5.66. The molecule has 94 valence electrons. The number of piperidine rings is 1. The molecule has 0 spiro atoms. The van der Waals surface area contributed by atoms with E-state index < -0.39 is 0 Å². The molecule has 1 unspecified atom stereocenters. The van der Waals surface area contributed by atoms with Crippen molar-refractivity contribution in [1.29, 1.82) is 0 Å². The summed E-state index contributed by atoms with van der Waals surface area (Å²) in [5.41, 5.74) is 2.07. The summed E-state index contributed by atoms with van der Waals surface area (Å²) in [6, 6.07) is 2.04. The van der Waals surface area contributed by atoms with Gasteiger partial charge in [0.2, 0.25) is 0 Å². The summed E-state index contributed by atoms with van der Waals surface area (Å²) in [4.78, 5) is 6.90. The van der Waals surface area contributed by atoms with Crippen molar-refractivity contribution in [3.8, 4) is 0 Å². The van der Waals surface area contributed by atoms with Gasteiger partial charge in [-0.25, -0.2) is 4.98 Å². The van der Waals surface area contributed by atoms with Gasteiger partial charge in [0.05, 0.1) is 6.61 Å². The third-order valence-electron chi connectivity index (χ3n) is 3.69. The molecule has 0 bridgehead atoms. The molecule has 1 aliphatic rings. The molecule has 2 rings (SSSR count). The maximum absolute atomic E-state index is 9.09. The van der Waals surface area contributed by atoms with Crippen molar-refractivity contribution in [3.05, 3.63) is 23.4 Å². The van der Waals surface area contributed by atoms with E-state index in [1.807, 2.05) is 6.07 Å². The number of hydrogen-bond donors (Lipinski definition) is 1. The van der Waals surface area contributed by atoms with E-state index in [4.69, 9.17) is 5.11 Å². The van der Waals surface area contributed by atoms with E-state index in [1.165, 1.54) is 24.8 Å². The van der Waals surface area contributed by atoms with Crippen molar-refractivity contribution < 1.29 is 5.11 Å². The van der Waals surface area contributed by atoms with Crippen molar-refractivity contribution in [1.82, 2.24) is 4.98 Å². The van der Waals surface area contributed by atoms with Gasteiger partial charge >= 0.3 is 0 Å². The molecule has 1 atom stereocenters. The predicted molar refractivity (Wildman–Crippen MR) is 70.1 cm³/mol. The Balaban J connectivity index is 2.16. The lowest BCUT2D eigenvalue weighted by Gasteiger charge is -2.34. The first-order chi connectivity index (χ1) is 8.24. The molecule has 2 heterocycles. The second-order valence-electron chi connectivity index (χ2n) is 5.00. The van der Waals surface area contributed by atoms with Gasteiger partial charge in [-0.15, -0.1) is 0 Å². The fourth-order valence-electron chi connectivity index (χ4n) is 2.63. The van der Waals surface area contributed by atoms with Gasteiger partial charge in [0, 0.05) is 19.3 Å². The number of nitrogens with zero attached hydrogens (tertiary/aromatic N) is 2. The second kappa shape index (κ2) is 5.50. The van der Waals surface area contributed by atoms with Crippen molar-refractivity contribution in [3.63, 3.8) is 0 Å². The Hall–Kier alpha value is -1.09. The average Bonchev–Trinajstić information content (AvgIpc) is 2.38. The first-order valence-corrected chi connectivity index (χ1v) is 6.56. The lowest BCUT2D eigenvalue weighted by molar-refractivity contribution is 0.281. The number of pyridine rings is 1. The number of anilines is 1. The highest BCUT2D eigenvalue weighted by Crippen LogP contribution is 2.26. The van der Waals surface area contributed by atoms with Crippen molar-refractivity contribution in [2.24, 2.45) is 5.92 Å². The first-order valence-electron chi connectivity index (χ1n) is 6.56. The third-order valence-corrected chi connectivity index (χ3v) is 3.69. The Morgan fingerprint density at radius 1 is 1.53 bits per heavy atom. The van der Waals surface area contributed by atoms with E-state index in [0.29, 0.717) is 0 Å². The maximum Gasteiger partial charge on any atom is 0.131 e. The number of aliphatic hydroxyl groups excluding tert-OH is 1. The zero-order chi connectivity index (χ0) is 12.3. The maximum atomic E-state index is 9.09. The van der Waals surface area contributed by atoms with Crippen LogP contribution in [-0.4, -0.2) is 23.2 Å². The molecular weight excluding hydrogens is 212 g/mol. The molecule has 1 saturated heterocycles. The van der Waals surface area contributed by atoms with Crippen LogP contribution < -0.4 is 4.90 Å². The van der Waals surface area contributed by atoms with Crippen LogP contribution in [0.3, 0.4) is 0 Å². The Morgan fingerprint density at radius 3 is 3.00 bits per heavy atom. The number of hydrogen-bond acceptors (Lipinski definition) is 3. The molecule has 3 nitrogen and oxygen atoms in total. The Bertz CT molecular complexity index is 378. The van der Waals surface area contributed by atoms with Gasteiger partial charge in [0.1, 0.15) is 5.82 Å². The monoisotopic (exact) mass is 234 g/mol. The molecule has 1 aliphatic heterocycles. The van der Waals surface area contributed by atoms with Crippen LogP contribution in [0.15, 0.2) is 12.3 Å². The summed E-state index contributed by atoms with van der Waals surface area (Å²) in [5, 5.41) is 9.09. The topological polar surface area (TPSA) is 36.4 Å². The van der Waals surface area contributed by atoms with E-state index in [-0.39, 0.29) is 6.61 Å². The van der Waals surface area contributed by atoms with Crippen LogP contribution in [0.1, 0.15) is 37.3 Å². The fourth-order valence-corrected chi connectivity index (χ4v) is 2.63. The summed E-state index contributed by atoms with van der Waals surface area (Å²) < 4.78 is 0. The van der Waals surface area contributed by atoms with Crippen LogP contribution in [-0.2, 0) is 6.61 Å². The van der Waals surface area contributed by atoms with Crippen molar-refractivity contribution in [2.45, 2.75) is 39.7 Å². The van der Waals surface area contributed by atoms with Crippen molar-refractivity contribution in [2.75, 3.05) is 18.0 Å². The van der Waals surface area contributed by atoms with E-state index >= 15 is 0 Å². The Kier molecular flexibility index (Phi) is 4.00. The average molecular weight is 234 g/mol. The highest BCUT2D eigenvalue weighted by atomic mass is 16.3. The Labute approximate surface area is 103 Å². The van der Waals surface area contributed by atoms with Gasteiger partial charge < -0.3 is 10.0 Å². The van der Waals surface area contributed by atoms with Gasteiger partial charge in [-0.3, -0.25) is 0 Å². The zero-order valence-electron chi connectivity index (χ0n) is 10.8. The molecule has 0 amide bonds. The molecule has 0 aliphatic carbocycles. The minimum absolute atomic E-state index is 0.0751. The molecule has 0 saturated carbocycles. The zero-order valence-corrected chi connectivity index (χ0v) is 10.8. The number of aliphatic hydroxyl groups is 1. The Morgan fingerprint density at radius 2 is 2.35 bits per heavy atom. The summed E-state index contributed by atoms with van der Waals surface area (Å²) in [7, 11) is 0.